The Bertz CT molecular complexity index is 548. The third-order valence-corrected chi connectivity index (χ3v) is 6.77. The first kappa shape index (κ1) is 30.3. The van der Waals surface area contributed by atoms with Gasteiger partial charge in [-0.05, 0) is 25.7 Å². The van der Waals surface area contributed by atoms with Crippen molar-refractivity contribution >= 4 is 23.9 Å². The van der Waals surface area contributed by atoms with Gasteiger partial charge in [0.05, 0.1) is 11.8 Å². The number of hydrogen-bond donors (Lipinski definition) is 0. The molecular weight excluding hydrogens is 432 g/mol. The highest BCUT2D eigenvalue weighted by molar-refractivity contribution is 5.92. The maximum atomic E-state index is 12.6. The van der Waals surface area contributed by atoms with Crippen molar-refractivity contribution in [2.75, 3.05) is 0 Å². The molecule has 0 amide bonds. The lowest BCUT2D eigenvalue weighted by atomic mass is 9.79. The van der Waals surface area contributed by atoms with Crippen molar-refractivity contribution in [3.05, 3.63) is 0 Å². The largest absolute Gasteiger partial charge is 0.393 e. The second-order valence-corrected chi connectivity index (χ2v) is 9.83. The quantitative estimate of drug-likeness (QED) is 0.117. The van der Waals surface area contributed by atoms with E-state index < -0.39 is 35.7 Å². The number of carbonyl (C=O) groups excluding carboxylic acids is 4. The predicted molar refractivity (Wildman–Crippen MR) is 133 cm³/mol. The van der Waals surface area contributed by atoms with E-state index >= 15 is 0 Å². The molecule has 0 aliphatic heterocycles. The molecule has 0 heterocycles. The summed E-state index contributed by atoms with van der Waals surface area (Å²) in [4.78, 5) is 49.4. The fourth-order valence-electron chi connectivity index (χ4n) is 4.63. The summed E-state index contributed by atoms with van der Waals surface area (Å²) < 4.78 is 10.1. The minimum absolute atomic E-state index is 0.221. The molecule has 1 rings (SSSR count). The topological polar surface area (TPSA) is 86.7 Å². The monoisotopic (exact) mass is 480 g/mol. The lowest BCUT2D eigenvalue weighted by molar-refractivity contribution is -0.173. The molecular formula is C28H48O6. The van der Waals surface area contributed by atoms with Crippen LogP contribution < -0.4 is 0 Å². The molecule has 0 aromatic rings. The van der Waals surface area contributed by atoms with Crippen LogP contribution in [-0.2, 0) is 28.7 Å². The van der Waals surface area contributed by atoms with Gasteiger partial charge in [0.2, 0.25) is 0 Å². The number of hydrogen-bond acceptors (Lipinski definition) is 6. The minimum Gasteiger partial charge on any atom is -0.393 e. The molecule has 1 aliphatic rings. The fraction of sp³-hybridized carbons (Fsp3) is 0.857. The molecule has 2 unspecified atom stereocenters. The van der Waals surface area contributed by atoms with Gasteiger partial charge in [0.1, 0.15) is 0 Å². The fourth-order valence-corrected chi connectivity index (χ4v) is 4.63. The highest BCUT2D eigenvalue weighted by Gasteiger charge is 2.39. The normalized spacial score (nSPS) is 17.8. The molecule has 1 saturated carbocycles. The standard InChI is InChI=1S/C28H48O6/c1-3-5-7-9-11-13-15-21-25(29)33-27(31)23-19-17-18-20-24(23)28(32)34-26(30)22-16-14-12-10-8-6-4-2/h23-24H,3-22H2,1-2H3. The van der Waals surface area contributed by atoms with Crippen LogP contribution in [0.1, 0.15) is 142 Å². The zero-order valence-corrected chi connectivity index (χ0v) is 21.7. The average molecular weight is 481 g/mol. The van der Waals surface area contributed by atoms with Gasteiger partial charge in [-0.15, -0.1) is 0 Å². The highest BCUT2D eigenvalue weighted by atomic mass is 16.6. The van der Waals surface area contributed by atoms with Crippen LogP contribution in [0.4, 0.5) is 0 Å². The van der Waals surface area contributed by atoms with Gasteiger partial charge in [0.15, 0.2) is 0 Å². The van der Waals surface area contributed by atoms with Gasteiger partial charge in [-0.2, -0.15) is 0 Å². The van der Waals surface area contributed by atoms with Crippen molar-refractivity contribution in [1.82, 2.24) is 0 Å². The number of unbranched alkanes of at least 4 members (excludes halogenated alkanes) is 12. The summed E-state index contributed by atoms with van der Waals surface area (Å²) in [6, 6.07) is 0. The second kappa shape index (κ2) is 19.6. The van der Waals surface area contributed by atoms with Crippen LogP contribution in [-0.4, -0.2) is 23.9 Å². The lowest BCUT2D eigenvalue weighted by Gasteiger charge is -2.27. The molecule has 1 aliphatic carbocycles. The van der Waals surface area contributed by atoms with Crippen LogP contribution in [0.2, 0.25) is 0 Å². The van der Waals surface area contributed by atoms with Crippen LogP contribution in [0, 0.1) is 11.8 Å². The predicted octanol–water partition coefficient (Wildman–Crippen LogP) is 7.21. The van der Waals surface area contributed by atoms with E-state index in [9.17, 15) is 19.2 Å². The molecule has 0 saturated heterocycles. The number of esters is 4. The first-order valence-electron chi connectivity index (χ1n) is 14.0. The summed E-state index contributed by atoms with van der Waals surface area (Å²) in [5.41, 5.74) is 0. The van der Waals surface area contributed by atoms with Crippen molar-refractivity contribution in [3.8, 4) is 0 Å². The van der Waals surface area contributed by atoms with Crippen LogP contribution >= 0.6 is 0 Å². The summed E-state index contributed by atoms with van der Waals surface area (Å²) in [7, 11) is 0. The van der Waals surface area contributed by atoms with Crippen LogP contribution in [0.25, 0.3) is 0 Å². The summed E-state index contributed by atoms with van der Waals surface area (Å²) >= 11 is 0. The zero-order chi connectivity index (χ0) is 25.0. The van der Waals surface area contributed by atoms with Crippen molar-refractivity contribution in [3.63, 3.8) is 0 Å². The Labute approximate surface area is 206 Å². The van der Waals surface area contributed by atoms with Gasteiger partial charge < -0.3 is 9.47 Å². The summed E-state index contributed by atoms with van der Waals surface area (Å²) in [5.74, 6) is -3.74. The minimum atomic E-state index is -0.703. The maximum Gasteiger partial charge on any atom is 0.317 e. The number of rotatable bonds is 18. The first-order valence-corrected chi connectivity index (χ1v) is 14.0. The maximum absolute atomic E-state index is 12.6. The van der Waals surface area contributed by atoms with E-state index in [1.165, 1.54) is 51.4 Å². The molecule has 0 N–H and O–H groups in total. The molecule has 0 aromatic heterocycles. The van der Waals surface area contributed by atoms with Gasteiger partial charge >= 0.3 is 23.9 Å². The van der Waals surface area contributed by atoms with Crippen LogP contribution in [0.5, 0.6) is 0 Å². The lowest BCUT2D eigenvalue weighted by Crippen LogP contribution is -2.36. The van der Waals surface area contributed by atoms with Crippen LogP contribution in [0.3, 0.4) is 0 Å². The molecule has 0 aromatic carbocycles. The van der Waals surface area contributed by atoms with Crippen molar-refractivity contribution in [1.29, 1.82) is 0 Å². The number of ether oxygens (including phenoxy) is 2. The van der Waals surface area contributed by atoms with E-state index in [4.69, 9.17) is 9.47 Å². The van der Waals surface area contributed by atoms with E-state index in [0.29, 0.717) is 25.7 Å². The second-order valence-electron chi connectivity index (χ2n) is 9.83. The smallest absolute Gasteiger partial charge is 0.317 e. The summed E-state index contributed by atoms with van der Waals surface area (Å²) in [6.07, 6.45) is 18.2. The Morgan fingerprint density at radius 2 is 0.853 bits per heavy atom. The molecule has 1 fully saturated rings. The highest BCUT2D eigenvalue weighted by Crippen LogP contribution is 2.32. The van der Waals surface area contributed by atoms with Crippen LogP contribution in [0.15, 0.2) is 0 Å². The molecule has 6 nitrogen and oxygen atoms in total. The Balaban J connectivity index is 2.32. The molecule has 196 valence electrons. The summed E-state index contributed by atoms with van der Waals surface area (Å²) in [6.45, 7) is 4.36. The van der Waals surface area contributed by atoms with E-state index in [1.54, 1.807) is 0 Å². The molecule has 34 heavy (non-hydrogen) atoms. The van der Waals surface area contributed by atoms with Crippen molar-refractivity contribution in [2.24, 2.45) is 11.8 Å². The first-order chi connectivity index (χ1) is 16.5. The third-order valence-electron chi connectivity index (χ3n) is 6.77. The van der Waals surface area contributed by atoms with Crippen molar-refractivity contribution in [2.45, 2.75) is 142 Å². The van der Waals surface area contributed by atoms with E-state index in [1.807, 2.05) is 0 Å². The Morgan fingerprint density at radius 3 is 1.21 bits per heavy atom. The van der Waals surface area contributed by atoms with Gasteiger partial charge in [0.25, 0.3) is 0 Å². The third kappa shape index (κ3) is 13.9. The van der Waals surface area contributed by atoms with E-state index in [-0.39, 0.29) is 12.8 Å². The number of carbonyl (C=O) groups is 4. The zero-order valence-electron chi connectivity index (χ0n) is 21.7. The Kier molecular flexibility index (Phi) is 17.4. The Morgan fingerprint density at radius 1 is 0.529 bits per heavy atom. The van der Waals surface area contributed by atoms with Gasteiger partial charge in [0, 0.05) is 12.8 Å². The average Bonchev–Trinajstić information content (AvgIpc) is 2.82. The SMILES string of the molecule is CCCCCCCCCC(=O)OC(=O)C1CCCCC1C(=O)OC(=O)CCCCCCCCC. The molecule has 2 atom stereocenters. The summed E-state index contributed by atoms with van der Waals surface area (Å²) in [5, 5.41) is 0. The molecule has 0 bridgehead atoms. The van der Waals surface area contributed by atoms with Gasteiger partial charge in [-0.1, -0.05) is 104 Å². The molecule has 0 spiro atoms. The molecule has 6 heteroatoms. The van der Waals surface area contributed by atoms with Gasteiger partial charge in [-0.25, -0.2) is 0 Å². The van der Waals surface area contributed by atoms with E-state index in [2.05, 4.69) is 13.8 Å². The van der Waals surface area contributed by atoms with Gasteiger partial charge in [-0.3, -0.25) is 19.2 Å². The molecule has 0 radical (unpaired) electrons. The van der Waals surface area contributed by atoms with E-state index in [0.717, 1.165) is 38.5 Å². The Hall–Kier alpha value is -1.72. The van der Waals surface area contributed by atoms with Crippen molar-refractivity contribution < 1.29 is 28.7 Å².